The number of ketones is 2. The van der Waals surface area contributed by atoms with E-state index in [2.05, 4.69) is 20.5 Å². The number of carbonyl (C=O) groups is 2. The van der Waals surface area contributed by atoms with Crippen molar-refractivity contribution >= 4 is 80.9 Å². The van der Waals surface area contributed by atoms with E-state index >= 15 is 0 Å². The van der Waals surface area contributed by atoms with Gasteiger partial charge in [-0.1, -0.05) is 147 Å². The first-order chi connectivity index (χ1) is 24.2. The smallest absolute Gasteiger partial charge is 0.186 e. The molecule has 2 aromatic carbocycles. The summed E-state index contributed by atoms with van der Waals surface area (Å²) < 4.78 is 0. The molecular weight excluding hydrogens is 770 g/mol. The number of azo groups is 2. The van der Waals surface area contributed by atoms with Gasteiger partial charge in [0.2, 0.25) is 0 Å². The summed E-state index contributed by atoms with van der Waals surface area (Å²) in [7, 11) is 0. The second-order valence-electron chi connectivity index (χ2n) is 17.2. The molecule has 4 rings (SSSR count). The molecule has 11 heteroatoms. The normalized spacial score (nSPS) is 16.3. The number of Topliss-reactive ketones (excluding diaryl/α,β-unsaturated/α-hetero) is 2. The molecule has 0 N–H and O–H groups in total. The second-order valence-corrected chi connectivity index (χ2v) is 19.1. The number of rotatable bonds is 5. The molecule has 0 spiro atoms. The van der Waals surface area contributed by atoms with Crippen LogP contribution in [0.1, 0.15) is 83.1 Å². The summed E-state index contributed by atoms with van der Waals surface area (Å²) in [6, 6.07) is 5.06. The largest absolute Gasteiger partial charge is 0.289 e. The van der Waals surface area contributed by atoms with E-state index in [1.165, 1.54) is 0 Å². The summed E-state index contributed by atoms with van der Waals surface area (Å²) in [6.07, 6.45) is 10.5. The molecule has 0 aliphatic heterocycles. The van der Waals surface area contributed by atoms with Gasteiger partial charge in [0.25, 0.3) is 0 Å². The Labute approximate surface area is 338 Å². The average Bonchev–Trinajstić information content (AvgIpc) is 3.01. The van der Waals surface area contributed by atoms with Crippen molar-refractivity contribution < 1.29 is 9.59 Å². The highest BCUT2D eigenvalue weighted by atomic mass is 35.5. The Morgan fingerprint density at radius 3 is 1.21 bits per heavy atom. The molecule has 280 valence electrons. The van der Waals surface area contributed by atoms with Crippen LogP contribution in [0.4, 0.5) is 11.4 Å². The zero-order chi connectivity index (χ0) is 40.0. The molecule has 0 saturated heterocycles. The number of benzene rings is 2. The standard InChI is InChI=1S/C42H45Cl5N4O2/c1-39(2,3)25-15-22(16-26(37(25)52)40(4,5)6)20-48-50-30-14-13-24(19-29(30)43)31-32(44)34(46)36(35(47)33(31)45)51-49-21-23-17-27(41(7,8)9)38(53)28(18-23)42(10,11)12/h13-21H,1-12H3. The van der Waals surface area contributed by atoms with Gasteiger partial charge >= 0.3 is 0 Å². The van der Waals surface area contributed by atoms with Gasteiger partial charge in [-0.05, 0) is 74.8 Å². The predicted molar refractivity (Wildman–Crippen MR) is 222 cm³/mol. The molecule has 0 atom stereocenters. The minimum Gasteiger partial charge on any atom is -0.289 e. The lowest BCUT2D eigenvalue weighted by molar-refractivity contribution is -0.114. The fourth-order valence-electron chi connectivity index (χ4n) is 5.70. The first kappa shape index (κ1) is 42.6. The number of hydrogen-bond donors (Lipinski definition) is 0. The minimum absolute atomic E-state index is 0.0188. The predicted octanol–water partition coefficient (Wildman–Crippen LogP) is 15.6. The number of nitrogens with zero attached hydrogens (tertiary/aromatic N) is 4. The Hall–Kier alpha value is -3.13. The topological polar surface area (TPSA) is 83.6 Å². The van der Waals surface area contributed by atoms with E-state index in [4.69, 9.17) is 58.0 Å². The Kier molecular flexibility index (Phi) is 12.5. The van der Waals surface area contributed by atoms with Gasteiger partial charge in [0.1, 0.15) is 11.4 Å². The van der Waals surface area contributed by atoms with Crippen LogP contribution < -0.4 is 0 Å². The van der Waals surface area contributed by atoms with Gasteiger partial charge in [-0.3, -0.25) is 9.59 Å². The fraction of sp³-hybridized carbons (Fsp3) is 0.381. The highest BCUT2D eigenvalue weighted by Crippen LogP contribution is 2.51. The molecule has 6 nitrogen and oxygen atoms in total. The molecular formula is C42H45Cl5N4O2. The molecule has 0 fully saturated rings. The van der Waals surface area contributed by atoms with Crippen LogP contribution in [0, 0.1) is 21.7 Å². The Bertz CT molecular complexity index is 2040. The second kappa shape index (κ2) is 15.5. The van der Waals surface area contributed by atoms with Crippen LogP contribution >= 0.6 is 58.0 Å². The molecule has 2 aliphatic carbocycles. The molecule has 53 heavy (non-hydrogen) atoms. The number of hydrogen-bond acceptors (Lipinski definition) is 6. The van der Waals surface area contributed by atoms with Crippen LogP contribution in [0.25, 0.3) is 11.1 Å². The maximum Gasteiger partial charge on any atom is 0.186 e. The maximum atomic E-state index is 13.3. The van der Waals surface area contributed by atoms with Gasteiger partial charge in [0.15, 0.2) is 11.6 Å². The summed E-state index contributed by atoms with van der Waals surface area (Å²) in [5.74, 6) is 0.0615. The van der Waals surface area contributed by atoms with Crippen LogP contribution in [0.2, 0.25) is 25.1 Å². The molecule has 0 radical (unpaired) electrons. The lowest BCUT2D eigenvalue weighted by Crippen LogP contribution is -2.27. The van der Waals surface area contributed by atoms with E-state index in [1.54, 1.807) is 30.6 Å². The molecule has 0 bridgehead atoms. The molecule has 2 aliphatic rings. The van der Waals surface area contributed by atoms with Crippen molar-refractivity contribution in [2.45, 2.75) is 83.1 Å². The molecule has 0 amide bonds. The van der Waals surface area contributed by atoms with Crippen molar-refractivity contribution in [3.8, 4) is 11.1 Å². The van der Waals surface area contributed by atoms with Crippen molar-refractivity contribution in [1.82, 2.24) is 0 Å². The monoisotopic (exact) mass is 812 g/mol. The molecule has 0 saturated carbocycles. The summed E-state index contributed by atoms with van der Waals surface area (Å²) in [6.45, 7) is 24.1. The third kappa shape index (κ3) is 9.58. The van der Waals surface area contributed by atoms with Gasteiger partial charge in [-0.15, -0.1) is 10.2 Å². The lowest BCUT2D eigenvalue weighted by Gasteiger charge is -2.31. The Morgan fingerprint density at radius 2 is 0.868 bits per heavy atom. The minimum atomic E-state index is -0.372. The van der Waals surface area contributed by atoms with Gasteiger partial charge in [0.05, 0.1) is 37.5 Å². The van der Waals surface area contributed by atoms with Gasteiger partial charge in [0, 0.05) is 27.9 Å². The Balaban J connectivity index is 1.67. The van der Waals surface area contributed by atoms with Gasteiger partial charge < -0.3 is 0 Å². The highest BCUT2D eigenvalue weighted by Gasteiger charge is 2.35. The van der Waals surface area contributed by atoms with E-state index in [-0.39, 0.29) is 64.0 Å². The molecule has 0 heterocycles. The first-order valence-electron chi connectivity index (χ1n) is 17.1. The number of carbonyl (C=O) groups excluding carboxylic acids is 2. The van der Waals surface area contributed by atoms with Crippen LogP contribution in [-0.2, 0) is 9.59 Å². The summed E-state index contributed by atoms with van der Waals surface area (Å²) in [5, 5.41) is 17.8. The van der Waals surface area contributed by atoms with Crippen LogP contribution in [0.3, 0.4) is 0 Å². The zero-order valence-electron chi connectivity index (χ0n) is 32.2. The van der Waals surface area contributed by atoms with Crippen molar-refractivity contribution in [2.75, 3.05) is 0 Å². The van der Waals surface area contributed by atoms with Crippen molar-refractivity contribution in [3.63, 3.8) is 0 Å². The lowest BCUT2D eigenvalue weighted by atomic mass is 9.72. The number of halogens is 5. The molecule has 0 aromatic heterocycles. The first-order valence-corrected chi connectivity index (χ1v) is 19.0. The van der Waals surface area contributed by atoms with Crippen molar-refractivity contribution in [3.05, 3.63) is 113 Å². The van der Waals surface area contributed by atoms with Gasteiger partial charge in [-0.2, -0.15) is 10.2 Å². The summed E-state index contributed by atoms with van der Waals surface area (Å²) >= 11 is 33.6. The highest BCUT2D eigenvalue weighted by molar-refractivity contribution is 6.52. The van der Waals surface area contributed by atoms with E-state index in [1.807, 2.05) is 107 Å². The third-order valence-corrected chi connectivity index (χ3v) is 10.7. The van der Waals surface area contributed by atoms with Crippen LogP contribution in [0.15, 0.2) is 109 Å². The van der Waals surface area contributed by atoms with E-state index in [9.17, 15) is 9.59 Å². The van der Waals surface area contributed by atoms with E-state index in [0.29, 0.717) is 44.7 Å². The van der Waals surface area contributed by atoms with Crippen molar-refractivity contribution in [2.24, 2.45) is 42.1 Å². The Morgan fingerprint density at radius 1 is 0.509 bits per heavy atom. The van der Waals surface area contributed by atoms with E-state index in [0.717, 1.165) is 5.57 Å². The fourth-order valence-corrected chi connectivity index (χ4v) is 7.05. The maximum absolute atomic E-state index is 13.3. The van der Waals surface area contributed by atoms with E-state index < -0.39 is 0 Å². The van der Waals surface area contributed by atoms with Crippen molar-refractivity contribution in [1.29, 1.82) is 0 Å². The zero-order valence-corrected chi connectivity index (χ0v) is 36.0. The SMILES string of the molecule is CC(C)(C)C1=CC(=CN=Nc2ccc(-c3c(Cl)c(Cl)c(N=NC=C4C=C(C(C)(C)C)C(=O)C(C(C)(C)C)=C4)c(Cl)c3Cl)cc2Cl)C=C(C(C)(C)C)C1=O. The molecule has 0 unspecified atom stereocenters. The molecule has 2 aromatic rings. The quantitative estimate of drug-likeness (QED) is 0.222. The van der Waals surface area contributed by atoms with Gasteiger partial charge in [-0.25, -0.2) is 0 Å². The average molecular weight is 815 g/mol. The summed E-state index contributed by atoms with van der Waals surface area (Å²) in [5.41, 5.74) is 4.23. The third-order valence-electron chi connectivity index (χ3n) is 8.67. The van der Waals surface area contributed by atoms with Crippen LogP contribution in [-0.4, -0.2) is 11.6 Å². The van der Waals surface area contributed by atoms with Crippen LogP contribution in [0.5, 0.6) is 0 Å². The summed E-state index contributed by atoms with van der Waals surface area (Å²) in [4.78, 5) is 26.5. The number of allylic oxidation sites excluding steroid dienone is 10.